The van der Waals surface area contributed by atoms with Crippen LogP contribution in [0.1, 0.15) is 18.4 Å². The molecule has 1 unspecified atom stereocenters. The lowest BCUT2D eigenvalue weighted by molar-refractivity contribution is -0.126. The Morgan fingerprint density at radius 1 is 1.11 bits per heavy atom. The van der Waals surface area contributed by atoms with E-state index < -0.39 is 0 Å². The first-order chi connectivity index (χ1) is 13.2. The third-order valence-electron chi connectivity index (χ3n) is 4.73. The lowest BCUT2D eigenvalue weighted by Crippen LogP contribution is -2.46. The first-order valence-electron chi connectivity index (χ1n) is 9.17. The average Bonchev–Trinajstić information content (AvgIpc) is 2.73. The number of nitrogens with one attached hydrogen (secondary N) is 2. The Morgan fingerprint density at radius 3 is 2.56 bits per heavy atom. The number of amides is 3. The normalized spacial score (nSPS) is 16.5. The second-order valence-electron chi connectivity index (χ2n) is 6.65. The number of methoxy groups -OCH3 is 1. The third-order valence-corrected chi connectivity index (χ3v) is 4.73. The molecule has 27 heavy (non-hydrogen) atoms. The summed E-state index contributed by atoms with van der Waals surface area (Å²) in [6.07, 6.45) is 1.62. The van der Waals surface area contributed by atoms with Crippen molar-refractivity contribution in [2.75, 3.05) is 25.5 Å². The average molecular weight is 367 g/mol. The van der Waals surface area contributed by atoms with Gasteiger partial charge in [0.15, 0.2) is 0 Å². The Hall–Kier alpha value is -3.02. The molecule has 1 heterocycles. The van der Waals surface area contributed by atoms with Crippen LogP contribution in [0, 0.1) is 5.92 Å². The molecular formula is C21H25N3O3. The molecule has 0 aliphatic carbocycles. The van der Waals surface area contributed by atoms with E-state index in [1.54, 1.807) is 12.0 Å². The van der Waals surface area contributed by atoms with Gasteiger partial charge in [0, 0.05) is 25.3 Å². The highest BCUT2D eigenvalue weighted by Gasteiger charge is 2.28. The lowest BCUT2D eigenvalue weighted by Gasteiger charge is -2.32. The summed E-state index contributed by atoms with van der Waals surface area (Å²) in [4.78, 5) is 26.7. The molecule has 6 nitrogen and oxygen atoms in total. The topological polar surface area (TPSA) is 70.7 Å². The molecule has 1 saturated heterocycles. The maximum absolute atomic E-state index is 12.5. The van der Waals surface area contributed by atoms with Crippen LogP contribution in [0.3, 0.4) is 0 Å². The fraction of sp³-hybridized carbons (Fsp3) is 0.333. The summed E-state index contributed by atoms with van der Waals surface area (Å²) < 4.78 is 5.14. The maximum Gasteiger partial charge on any atom is 0.321 e. The molecule has 3 rings (SSSR count). The SMILES string of the molecule is COc1ccc(CNC(=O)C2CCCN(C(=O)Nc3ccccc3)C2)cc1. The summed E-state index contributed by atoms with van der Waals surface area (Å²) >= 11 is 0. The highest BCUT2D eigenvalue weighted by atomic mass is 16.5. The van der Waals surface area contributed by atoms with Crippen LogP contribution in [0.4, 0.5) is 10.5 Å². The van der Waals surface area contributed by atoms with Gasteiger partial charge in [0.1, 0.15) is 5.75 Å². The number of hydrogen-bond acceptors (Lipinski definition) is 3. The number of ether oxygens (including phenoxy) is 1. The van der Waals surface area contributed by atoms with Crippen LogP contribution in [0.15, 0.2) is 54.6 Å². The molecule has 3 amide bonds. The van der Waals surface area contributed by atoms with Gasteiger partial charge in [0.25, 0.3) is 0 Å². The molecule has 1 atom stereocenters. The number of anilines is 1. The van der Waals surface area contributed by atoms with E-state index in [4.69, 9.17) is 4.74 Å². The molecule has 142 valence electrons. The zero-order valence-corrected chi connectivity index (χ0v) is 15.5. The monoisotopic (exact) mass is 367 g/mol. The predicted octanol–water partition coefficient (Wildman–Crippen LogP) is 3.26. The molecule has 1 aliphatic heterocycles. The van der Waals surface area contributed by atoms with Gasteiger partial charge in [0.2, 0.25) is 5.91 Å². The van der Waals surface area contributed by atoms with Crippen molar-refractivity contribution in [2.45, 2.75) is 19.4 Å². The van der Waals surface area contributed by atoms with Gasteiger partial charge >= 0.3 is 6.03 Å². The minimum absolute atomic E-state index is 0.0111. The van der Waals surface area contributed by atoms with Gasteiger partial charge in [-0.15, -0.1) is 0 Å². The number of nitrogens with zero attached hydrogens (tertiary/aromatic N) is 1. The number of likely N-dealkylation sites (tertiary alicyclic amines) is 1. The standard InChI is InChI=1S/C21H25N3O3/c1-27-19-11-9-16(10-12-19)14-22-20(25)17-6-5-13-24(15-17)21(26)23-18-7-3-2-4-8-18/h2-4,7-12,17H,5-6,13-15H2,1H3,(H,22,25)(H,23,26). The smallest absolute Gasteiger partial charge is 0.321 e. The Labute approximate surface area is 159 Å². The first kappa shape index (κ1) is 18.8. The largest absolute Gasteiger partial charge is 0.497 e. The second kappa shape index (κ2) is 9.07. The minimum Gasteiger partial charge on any atom is -0.497 e. The summed E-state index contributed by atoms with van der Waals surface area (Å²) in [7, 11) is 1.62. The molecule has 1 aliphatic rings. The van der Waals surface area contributed by atoms with Crippen LogP contribution < -0.4 is 15.4 Å². The number of para-hydroxylation sites is 1. The molecule has 1 fully saturated rings. The highest BCUT2D eigenvalue weighted by Crippen LogP contribution is 2.18. The third kappa shape index (κ3) is 5.23. The number of rotatable bonds is 5. The Morgan fingerprint density at radius 2 is 1.85 bits per heavy atom. The van der Waals surface area contributed by atoms with Crippen molar-refractivity contribution in [2.24, 2.45) is 5.92 Å². The molecule has 0 radical (unpaired) electrons. The van der Waals surface area contributed by atoms with Crippen molar-refractivity contribution < 1.29 is 14.3 Å². The molecule has 6 heteroatoms. The fourth-order valence-electron chi connectivity index (χ4n) is 3.18. The van der Waals surface area contributed by atoms with E-state index in [2.05, 4.69) is 10.6 Å². The van der Waals surface area contributed by atoms with Gasteiger partial charge in [-0.3, -0.25) is 4.79 Å². The zero-order chi connectivity index (χ0) is 19.1. The van der Waals surface area contributed by atoms with Gasteiger partial charge in [-0.2, -0.15) is 0 Å². The molecular weight excluding hydrogens is 342 g/mol. The highest BCUT2D eigenvalue weighted by molar-refractivity contribution is 5.90. The first-order valence-corrected chi connectivity index (χ1v) is 9.17. The van der Waals surface area contributed by atoms with E-state index in [-0.39, 0.29) is 17.9 Å². The van der Waals surface area contributed by atoms with Gasteiger partial charge in [-0.05, 0) is 42.7 Å². The fourth-order valence-corrected chi connectivity index (χ4v) is 3.18. The number of carbonyl (C=O) groups excluding carboxylic acids is 2. The van der Waals surface area contributed by atoms with Crippen molar-refractivity contribution in [1.29, 1.82) is 0 Å². The Kier molecular flexibility index (Phi) is 6.30. The summed E-state index contributed by atoms with van der Waals surface area (Å²) in [5, 5.41) is 5.86. The van der Waals surface area contributed by atoms with E-state index >= 15 is 0 Å². The van der Waals surface area contributed by atoms with Gasteiger partial charge in [0.05, 0.1) is 13.0 Å². The summed E-state index contributed by atoms with van der Waals surface area (Å²) in [6.45, 7) is 1.57. The van der Waals surface area contributed by atoms with Crippen LogP contribution >= 0.6 is 0 Å². The van der Waals surface area contributed by atoms with E-state index in [9.17, 15) is 9.59 Å². The van der Waals surface area contributed by atoms with Gasteiger partial charge in [-0.1, -0.05) is 30.3 Å². The van der Waals surface area contributed by atoms with E-state index in [1.165, 1.54) is 0 Å². The van der Waals surface area contributed by atoms with Crippen molar-refractivity contribution in [3.63, 3.8) is 0 Å². The molecule has 0 bridgehead atoms. The Bertz CT molecular complexity index is 762. The molecule has 2 aromatic rings. The molecule has 0 saturated carbocycles. The van der Waals surface area contributed by atoms with E-state index in [0.717, 1.165) is 29.8 Å². The predicted molar refractivity (Wildman–Crippen MR) is 105 cm³/mol. The van der Waals surface area contributed by atoms with Crippen LogP contribution in [0.2, 0.25) is 0 Å². The van der Waals surface area contributed by atoms with Crippen LogP contribution in [0.5, 0.6) is 5.75 Å². The summed E-state index contributed by atoms with van der Waals surface area (Å²) in [5.41, 5.74) is 1.77. The van der Waals surface area contributed by atoms with Crippen molar-refractivity contribution in [3.8, 4) is 5.75 Å². The molecule has 0 spiro atoms. The maximum atomic E-state index is 12.5. The Balaban J connectivity index is 1.50. The molecule has 2 aromatic carbocycles. The van der Waals surface area contributed by atoms with E-state index in [0.29, 0.717) is 19.6 Å². The van der Waals surface area contributed by atoms with Crippen LogP contribution in [-0.2, 0) is 11.3 Å². The second-order valence-corrected chi connectivity index (χ2v) is 6.65. The van der Waals surface area contributed by atoms with Crippen LogP contribution in [-0.4, -0.2) is 37.0 Å². The van der Waals surface area contributed by atoms with Crippen molar-refractivity contribution in [1.82, 2.24) is 10.2 Å². The lowest BCUT2D eigenvalue weighted by atomic mass is 9.97. The minimum atomic E-state index is -0.182. The van der Waals surface area contributed by atoms with Gasteiger partial charge < -0.3 is 20.3 Å². The van der Waals surface area contributed by atoms with Gasteiger partial charge in [-0.25, -0.2) is 4.79 Å². The number of carbonyl (C=O) groups is 2. The number of piperidine rings is 1. The number of urea groups is 1. The summed E-state index contributed by atoms with van der Waals surface area (Å²) in [6, 6.07) is 16.8. The van der Waals surface area contributed by atoms with E-state index in [1.807, 2.05) is 54.6 Å². The quantitative estimate of drug-likeness (QED) is 0.852. The van der Waals surface area contributed by atoms with Crippen molar-refractivity contribution >= 4 is 17.6 Å². The number of benzene rings is 2. The van der Waals surface area contributed by atoms with Crippen molar-refractivity contribution in [3.05, 3.63) is 60.2 Å². The number of hydrogen-bond donors (Lipinski definition) is 2. The summed E-state index contributed by atoms with van der Waals surface area (Å²) in [5.74, 6) is 0.596. The molecule has 0 aromatic heterocycles. The zero-order valence-electron chi connectivity index (χ0n) is 15.5. The van der Waals surface area contributed by atoms with Crippen LogP contribution in [0.25, 0.3) is 0 Å². The molecule has 2 N–H and O–H groups in total.